The molecular weight excluding hydrogens is 659 g/mol. The van der Waals surface area contributed by atoms with Crippen LogP contribution in [-0.4, -0.2) is 15.9 Å². The van der Waals surface area contributed by atoms with Crippen LogP contribution in [-0.2, 0) is 30.3 Å². The van der Waals surface area contributed by atoms with Gasteiger partial charge in [0.25, 0.3) is 0 Å². The van der Waals surface area contributed by atoms with Crippen LogP contribution in [0.25, 0.3) is 22.0 Å². The molecule has 1 radical (unpaired) electrons. The number of hydrogen-bond acceptors (Lipinski definition) is 3. The Hall–Kier alpha value is -2.29. The van der Waals surface area contributed by atoms with E-state index in [2.05, 4.69) is 56.3 Å². The fourth-order valence-corrected chi connectivity index (χ4v) is 6.46. The minimum absolute atomic E-state index is 0. The Morgan fingerprint density at radius 3 is 2.33 bits per heavy atom. The summed E-state index contributed by atoms with van der Waals surface area (Å²) in [5.74, 6) is 1.95. The number of aliphatic hydroxyl groups excluding tert-OH is 1. The quantitative estimate of drug-likeness (QED) is 0.152. The van der Waals surface area contributed by atoms with Gasteiger partial charge in [0.05, 0.1) is 5.76 Å². The van der Waals surface area contributed by atoms with E-state index < -0.39 is 0 Å². The van der Waals surface area contributed by atoms with Crippen molar-refractivity contribution in [1.82, 2.24) is 4.98 Å². The van der Waals surface area contributed by atoms with Crippen molar-refractivity contribution in [3.8, 4) is 11.3 Å². The molecule has 2 aliphatic rings. The van der Waals surface area contributed by atoms with Crippen LogP contribution in [0.5, 0.6) is 0 Å². The van der Waals surface area contributed by atoms with Crippen LogP contribution in [0.1, 0.15) is 89.3 Å². The number of aryl methyl sites for hydroxylation is 2. The summed E-state index contributed by atoms with van der Waals surface area (Å²) in [7, 11) is 0. The Morgan fingerprint density at radius 2 is 1.74 bits per heavy atom. The normalized spacial score (nSPS) is 20.2. The number of aliphatic hydroxyl groups is 1. The summed E-state index contributed by atoms with van der Waals surface area (Å²) < 4.78 is 0. The summed E-state index contributed by atoms with van der Waals surface area (Å²) in [5.41, 5.74) is 6.63. The molecule has 0 atom stereocenters. The van der Waals surface area contributed by atoms with Gasteiger partial charge in [0.1, 0.15) is 0 Å². The second kappa shape index (κ2) is 13.4. The molecule has 2 fully saturated rings. The number of carbonyl (C=O) groups is 1. The zero-order valence-electron chi connectivity index (χ0n) is 24.4. The second-order valence-corrected chi connectivity index (χ2v) is 12.6. The first-order valence-electron chi connectivity index (χ1n) is 14.4. The number of carbonyl (C=O) groups excluding carboxylic acids is 1. The number of rotatable bonds is 7. The van der Waals surface area contributed by atoms with E-state index in [4.69, 9.17) is 4.98 Å². The standard InChI is InChI=1S/C24H24N.C11H20O2.Ir/c1-16-11-17(2)13-20(12-16)23-22-14-21(4-3-19(22)7-10-25-23)24-8-5-18(15-24)6-9-24;1-8(2)5-10(12)7-11(13)6-9(3)4;/h3-4,7,10-12,14,18H,5-6,8-9,15H2,1-2H3;7-9,12H,5-6H2,1-4H3;/q-1;;/b;10-7-;. The van der Waals surface area contributed by atoms with Crippen LogP contribution < -0.4 is 0 Å². The van der Waals surface area contributed by atoms with Crippen LogP contribution in [0.3, 0.4) is 0 Å². The monoisotopic (exact) mass is 703 g/mol. The van der Waals surface area contributed by atoms with E-state index in [0.29, 0.717) is 30.1 Å². The van der Waals surface area contributed by atoms with Gasteiger partial charge in [-0.05, 0) is 83.4 Å². The predicted molar refractivity (Wildman–Crippen MR) is 158 cm³/mol. The van der Waals surface area contributed by atoms with Gasteiger partial charge in [-0.15, -0.1) is 34.9 Å². The number of ketones is 1. The molecular formula is C35H44IrNO2-. The number of aromatic nitrogens is 1. The van der Waals surface area contributed by atoms with Crippen LogP contribution in [0.4, 0.5) is 0 Å². The summed E-state index contributed by atoms with van der Waals surface area (Å²) in [6.07, 6.45) is 11.4. The van der Waals surface area contributed by atoms with E-state index in [-0.39, 0.29) is 31.6 Å². The van der Waals surface area contributed by atoms with Crippen molar-refractivity contribution in [1.29, 1.82) is 0 Å². The summed E-state index contributed by atoms with van der Waals surface area (Å²) in [4.78, 5) is 16.0. The average molecular weight is 703 g/mol. The van der Waals surface area contributed by atoms with Crippen LogP contribution >= 0.6 is 0 Å². The molecule has 2 aromatic carbocycles. The first-order valence-corrected chi connectivity index (χ1v) is 14.4. The number of fused-ring (bicyclic) bond motifs is 3. The van der Waals surface area contributed by atoms with E-state index in [9.17, 15) is 9.90 Å². The molecule has 39 heavy (non-hydrogen) atoms. The topological polar surface area (TPSA) is 50.2 Å². The van der Waals surface area contributed by atoms with Gasteiger partial charge in [0.15, 0.2) is 5.78 Å². The third-order valence-electron chi connectivity index (χ3n) is 8.08. The maximum Gasteiger partial charge on any atom is 0.159 e. The Kier molecular flexibility index (Phi) is 10.7. The summed E-state index contributed by atoms with van der Waals surface area (Å²) >= 11 is 0. The van der Waals surface area contributed by atoms with Crippen molar-refractivity contribution in [2.75, 3.05) is 0 Å². The van der Waals surface area contributed by atoms with Gasteiger partial charge in [0, 0.05) is 45.2 Å². The molecule has 1 N–H and O–H groups in total. The van der Waals surface area contributed by atoms with E-state index in [0.717, 1.165) is 17.2 Å². The number of hydrogen-bond donors (Lipinski definition) is 1. The molecule has 211 valence electrons. The van der Waals surface area contributed by atoms with Crippen LogP contribution in [0.2, 0.25) is 0 Å². The maximum absolute atomic E-state index is 11.2. The predicted octanol–water partition coefficient (Wildman–Crippen LogP) is 9.24. The molecule has 3 nitrogen and oxygen atoms in total. The SMILES string of the molecule is CC(C)CC(=O)/C=C(\O)CC(C)C.Cc1[c-]c(-c2nccc3ccc(C45CCC(CC4)C5)cc23)cc(C)c1.[Ir]. The van der Waals surface area contributed by atoms with E-state index in [1.54, 1.807) is 5.56 Å². The second-order valence-electron chi connectivity index (χ2n) is 12.6. The average Bonchev–Trinajstić information content (AvgIpc) is 3.45. The zero-order chi connectivity index (χ0) is 27.4. The Morgan fingerprint density at radius 1 is 1.05 bits per heavy atom. The molecule has 1 heterocycles. The zero-order valence-corrected chi connectivity index (χ0v) is 26.8. The molecule has 0 aliphatic heterocycles. The molecule has 1 aromatic heterocycles. The molecule has 2 bridgehead atoms. The molecule has 0 saturated heterocycles. The maximum atomic E-state index is 11.2. The van der Waals surface area contributed by atoms with Crippen molar-refractivity contribution >= 4 is 16.6 Å². The van der Waals surface area contributed by atoms with E-state index >= 15 is 0 Å². The van der Waals surface area contributed by atoms with E-state index in [1.807, 2.05) is 33.9 Å². The van der Waals surface area contributed by atoms with Gasteiger partial charge in [-0.3, -0.25) is 4.79 Å². The third-order valence-corrected chi connectivity index (χ3v) is 8.08. The minimum atomic E-state index is 0. The molecule has 2 saturated carbocycles. The van der Waals surface area contributed by atoms with Crippen LogP contribution in [0.15, 0.2) is 54.4 Å². The third kappa shape index (κ3) is 7.89. The molecule has 5 rings (SSSR count). The van der Waals surface area contributed by atoms with Gasteiger partial charge in [-0.1, -0.05) is 59.7 Å². The van der Waals surface area contributed by atoms with Crippen molar-refractivity contribution < 1.29 is 30.0 Å². The molecule has 3 aromatic rings. The first-order chi connectivity index (χ1) is 18.0. The van der Waals surface area contributed by atoms with Crippen molar-refractivity contribution in [3.05, 3.63) is 77.2 Å². The summed E-state index contributed by atoms with van der Waals surface area (Å²) in [6.45, 7) is 12.3. The summed E-state index contributed by atoms with van der Waals surface area (Å²) in [5, 5.41) is 11.9. The Labute approximate surface area is 248 Å². The number of pyridine rings is 1. The van der Waals surface area contributed by atoms with Gasteiger partial charge >= 0.3 is 0 Å². The smallest absolute Gasteiger partial charge is 0.159 e. The largest absolute Gasteiger partial charge is 0.512 e. The van der Waals surface area contributed by atoms with Crippen molar-refractivity contribution in [3.63, 3.8) is 0 Å². The number of nitrogens with zero attached hydrogens (tertiary/aromatic N) is 1. The molecule has 4 heteroatoms. The van der Waals surface area contributed by atoms with Crippen molar-refractivity contribution in [2.45, 2.75) is 91.9 Å². The molecule has 2 aliphatic carbocycles. The van der Waals surface area contributed by atoms with Gasteiger partial charge in [0.2, 0.25) is 0 Å². The van der Waals surface area contributed by atoms with E-state index in [1.165, 1.54) is 60.1 Å². The van der Waals surface area contributed by atoms with Gasteiger partial charge in [-0.25, -0.2) is 0 Å². The first kappa shape index (κ1) is 31.2. The Bertz CT molecular complexity index is 1300. The Balaban J connectivity index is 0.000000260. The number of allylic oxidation sites excluding steroid dienone is 2. The summed E-state index contributed by atoms with van der Waals surface area (Å²) in [6, 6.07) is 17.2. The molecule has 0 amide bonds. The van der Waals surface area contributed by atoms with Gasteiger partial charge in [-0.2, -0.15) is 0 Å². The number of benzene rings is 2. The molecule has 0 unspecified atom stereocenters. The minimum Gasteiger partial charge on any atom is -0.512 e. The van der Waals surface area contributed by atoms with Crippen LogP contribution in [0, 0.1) is 37.7 Å². The molecule has 0 spiro atoms. The fraction of sp³-hybridized carbons (Fsp3) is 0.486. The fourth-order valence-electron chi connectivity index (χ4n) is 6.46. The van der Waals surface area contributed by atoms with Gasteiger partial charge < -0.3 is 10.1 Å². The van der Waals surface area contributed by atoms with Crippen molar-refractivity contribution in [2.24, 2.45) is 17.8 Å².